The Balaban J connectivity index is 2.19. The Morgan fingerprint density at radius 3 is 2.59 bits per heavy atom. The van der Waals surface area contributed by atoms with Crippen molar-refractivity contribution in [2.24, 2.45) is 16.1 Å². The van der Waals surface area contributed by atoms with Crippen molar-refractivity contribution < 1.29 is 4.79 Å². The molecule has 0 aliphatic heterocycles. The summed E-state index contributed by atoms with van der Waals surface area (Å²) in [7, 11) is 0. The molecule has 27 heavy (non-hydrogen) atoms. The van der Waals surface area contributed by atoms with Crippen LogP contribution in [0.4, 0.5) is 5.69 Å². The first kappa shape index (κ1) is 18.6. The van der Waals surface area contributed by atoms with E-state index in [1.165, 1.54) is 5.56 Å². The number of aliphatic imine (C=N–C) groups is 1. The molecule has 0 bridgehead atoms. The summed E-state index contributed by atoms with van der Waals surface area (Å²) in [6.45, 7) is 6.66. The van der Waals surface area contributed by atoms with Gasteiger partial charge in [0.05, 0.1) is 16.9 Å². The van der Waals surface area contributed by atoms with Gasteiger partial charge in [0.2, 0.25) is 6.41 Å². The average Bonchev–Trinajstić information content (AvgIpc) is 2.61. The Kier molecular flexibility index (Phi) is 5.21. The number of guanidine groups is 1. The van der Waals surface area contributed by atoms with Crippen LogP contribution in [0.2, 0.25) is 0 Å². The maximum absolute atomic E-state index is 10.7. The number of aromatic nitrogens is 1. The number of para-hydroxylation sites is 1. The zero-order chi connectivity index (χ0) is 19.4. The molecule has 0 aliphatic carbocycles. The molecule has 0 unspecified atom stereocenters. The van der Waals surface area contributed by atoms with Crippen LogP contribution in [-0.2, 0) is 11.2 Å². The molecule has 3 aromatic rings. The van der Waals surface area contributed by atoms with Gasteiger partial charge in [0.25, 0.3) is 0 Å². The molecule has 0 spiro atoms. The van der Waals surface area contributed by atoms with E-state index in [-0.39, 0.29) is 11.4 Å². The predicted molar refractivity (Wildman–Crippen MR) is 111 cm³/mol. The number of nitrogens with two attached hydrogens (primary N) is 1. The second-order valence-corrected chi connectivity index (χ2v) is 7.70. The van der Waals surface area contributed by atoms with Gasteiger partial charge in [-0.3, -0.25) is 10.1 Å². The van der Waals surface area contributed by atoms with Crippen LogP contribution in [0, 0.1) is 5.41 Å². The quantitative estimate of drug-likeness (QED) is 0.416. The summed E-state index contributed by atoms with van der Waals surface area (Å²) >= 11 is 0. The lowest BCUT2D eigenvalue weighted by molar-refractivity contribution is -0.108. The Morgan fingerprint density at radius 1 is 1.15 bits per heavy atom. The van der Waals surface area contributed by atoms with Crippen molar-refractivity contribution in [2.45, 2.75) is 27.2 Å². The number of pyridine rings is 1. The number of carbonyl (C=O) groups is 1. The molecule has 1 amide bonds. The first-order valence-electron chi connectivity index (χ1n) is 8.90. The number of hydrogen-bond acceptors (Lipinski definition) is 3. The van der Waals surface area contributed by atoms with Crippen molar-refractivity contribution in [1.82, 2.24) is 10.3 Å². The molecular weight excluding hydrogens is 336 g/mol. The van der Waals surface area contributed by atoms with Gasteiger partial charge in [-0.1, -0.05) is 63.2 Å². The number of fused-ring (bicyclic) bond motifs is 1. The number of benzene rings is 2. The first-order chi connectivity index (χ1) is 12.9. The van der Waals surface area contributed by atoms with E-state index >= 15 is 0 Å². The topological polar surface area (TPSA) is 80.4 Å². The average molecular weight is 360 g/mol. The Hall–Kier alpha value is -3.21. The molecular formula is C22H24N4O. The van der Waals surface area contributed by atoms with E-state index < -0.39 is 0 Å². The fourth-order valence-electron chi connectivity index (χ4n) is 3.11. The van der Waals surface area contributed by atoms with Gasteiger partial charge in [0.15, 0.2) is 5.96 Å². The largest absolute Gasteiger partial charge is 0.369 e. The van der Waals surface area contributed by atoms with E-state index in [9.17, 15) is 4.79 Å². The highest BCUT2D eigenvalue weighted by molar-refractivity contribution is 5.97. The van der Waals surface area contributed by atoms with Crippen molar-refractivity contribution in [3.63, 3.8) is 0 Å². The Morgan fingerprint density at radius 2 is 1.85 bits per heavy atom. The lowest BCUT2D eigenvalue weighted by atomic mass is 9.85. The maximum atomic E-state index is 10.7. The van der Waals surface area contributed by atoms with E-state index in [0.717, 1.165) is 28.6 Å². The highest BCUT2D eigenvalue weighted by Gasteiger charge is 2.16. The molecule has 1 aromatic heterocycles. The highest BCUT2D eigenvalue weighted by atomic mass is 16.1. The van der Waals surface area contributed by atoms with Crippen LogP contribution in [0.25, 0.3) is 22.2 Å². The summed E-state index contributed by atoms with van der Waals surface area (Å²) < 4.78 is 0. The molecule has 0 saturated heterocycles. The SMILES string of the molecule is CC(C)(C)Cc1ccccc1-c1cc(N=C(N)NC=O)c2ccccc2n1. The van der Waals surface area contributed by atoms with Crippen LogP contribution in [0.3, 0.4) is 0 Å². The fraction of sp³-hybridized carbons (Fsp3) is 0.227. The van der Waals surface area contributed by atoms with Crippen molar-refractivity contribution in [1.29, 1.82) is 0 Å². The molecule has 0 radical (unpaired) electrons. The molecule has 5 heteroatoms. The van der Waals surface area contributed by atoms with Gasteiger partial charge in [-0.05, 0) is 29.5 Å². The molecule has 2 aromatic carbocycles. The smallest absolute Gasteiger partial charge is 0.213 e. The second kappa shape index (κ2) is 7.58. The maximum Gasteiger partial charge on any atom is 0.213 e. The molecule has 0 aliphatic rings. The number of nitrogens with one attached hydrogen (secondary N) is 1. The molecule has 0 atom stereocenters. The minimum absolute atomic E-state index is 0.0512. The minimum Gasteiger partial charge on any atom is -0.369 e. The van der Waals surface area contributed by atoms with Gasteiger partial charge in [0, 0.05) is 10.9 Å². The van der Waals surface area contributed by atoms with E-state index in [2.05, 4.69) is 49.3 Å². The predicted octanol–water partition coefficient (Wildman–Crippen LogP) is 4.18. The molecule has 0 saturated carbocycles. The van der Waals surface area contributed by atoms with E-state index in [0.29, 0.717) is 12.1 Å². The third-order valence-electron chi connectivity index (χ3n) is 4.16. The van der Waals surface area contributed by atoms with Gasteiger partial charge in [-0.15, -0.1) is 0 Å². The van der Waals surface area contributed by atoms with Gasteiger partial charge >= 0.3 is 0 Å². The summed E-state index contributed by atoms with van der Waals surface area (Å²) in [5.41, 5.74) is 10.6. The van der Waals surface area contributed by atoms with Crippen LogP contribution >= 0.6 is 0 Å². The van der Waals surface area contributed by atoms with Crippen molar-refractivity contribution in [2.75, 3.05) is 0 Å². The van der Waals surface area contributed by atoms with Crippen LogP contribution in [-0.4, -0.2) is 17.4 Å². The van der Waals surface area contributed by atoms with E-state index in [4.69, 9.17) is 10.7 Å². The van der Waals surface area contributed by atoms with E-state index in [1.54, 1.807) is 0 Å². The lowest BCUT2D eigenvalue weighted by Crippen LogP contribution is -2.29. The standard InChI is InChI=1S/C22H24N4O/c1-22(2,3)13-15-8-4-5-9-16(15)19-12-20(26-21(23)24-14-27)17-10-6-7-11-18(17)25-19/h4-12,14H,13H2,1-3H3,(H3,23,24,25,26,27). The van der Waals surface area contributed by atoms with Gasteiger partial charge in [-0.25, -0.2) is 9.98 Å². The summed E-state index contributed by atoms with van der Waals surface area (Å²) in [6, 6.07) is 18.0. The number of carbonyl (C=O) groups excluding carboxylic acids is 1. The number of amides is 1. The fourth-order valence-corrected chi connectivity index (χ4v) is 3.11. The third-order valence-corrected chi connectivity index (χ3v) is 4.16. The van der Waals surface area contributed by atoms with Gasteiger partial charge in [0.1, 0.15) is 0 Å². The summed E-state index contributed by atoms with van der Waals surface area (Å²) in [5, 5.41) is 3.27. The number of hydrogen-bond donors (Lipinski definition) is 2. The summed E-state index contributed by atoms with van der Waals surface area (Å²) in [6.07, 6.45) is 1.45. The molecule has 3 rings (SSSR count). The van der Waals surface area contributed by atoms with Crippen molar-refractivity contribution >= 4 is 29.0 Å². The van der Waals surface area contributed by atoms with Crippen LogP contribution < -0.4 is 11.1 Å². The Labute approximate surface area is 159 Å². The summed E-state index contributed by atoms with van der Waals surface area (Å²) in [4.78, 5) is 19.9. The number of rotatable bonds is 4. The second-order valence-electron chi connectivity index (χ2n) is 7.70. The van der Waals surface area contributed by atoms with Crippen molar-refractivity contribution in [3.8, 4) is 11.3 Å². The Bertz CT molecular complexity index is 1000. The van der Waals surface area contributed by atoms with Gasteiger partial charge < -0.3 is 5.73 Å². The highest BCUT2D eigenvalue weighted by Crippen LogP contribution is 2.33. The van der Waals surface area contributed by atoms with E-state index in [1.807, 2.05) is 36.4 Å². The molecule has 3 N–H and O–H groups in total. The van der Waals surface area contributed by atoms with Crippen molar-refractivity contribution in [3.05, 3.63) is 60.2 Å². The van der Waals surface area contributed by atoms with Crippen LogP contribution in [0.5, 0.6) is 0 Å². The van der Waals surface area contributed by atoms with Gasteiger partial charge in [-0.2, -0.15) is 0 Å². The normalized spacial score (nSPS) is 12.2. The molecule has 1 heterocycles. The zero-order valence-electron chi connectivity index (χ0n) is 15.9. The molecule has 0 fully saturated rings. The van der Waals surface area contributed by atoms with Crippen LogP contribution in [0.1, 0.15) is 26.3 Å². The summed E-state index contributed by atoms with van der Waals surface area (Å²) in [5.74, 6) is 0.0512. The number of nitrogens with zero attached hydrogens (tertiary/aromatic N) is 2. The van der Waals surface area contributed by atoms with Crippen LogP contribution in [0.15, 0.2) is 59.6 Å². The molecule has 5 nitrogen and oxygen atoms in total. The minimum atomic E-state index is 0.0512. The first-order valence-corrected chi connectivity index (χ1v) is 8.90. The molecule has 138 valence electrons. The third kappa shape index (κ3) is 4.50. The monoisotopic (exact) mass is 360 g/mol. The zero-order valence-corrected chi connectivity index (χ0v) is 15.9. The lowest BCUT2D eigenvalue weighted by Gasteiger charge is -2.20.